The van der Waals surface area contributed by atoms with E-state index in [-0.39, 0.29) is 17.9 Å². The highest BCUT2D eigenvalue weighted by Gasteiger charge is 2.40. The van der Waals surface area contributed by atoms with E-state index < -0.39 is 5.91 Å². The monoisotopic (exact) mass is 269 g/mol. The van der Waals surface area contributed by atoms with Crippen LogP contribution in [0.4, 0.5) is 0 Å². The first-order valence-corrected chi connectivity index (χ1v) is 7.34. The third kappa shape index (κ3) is 4.20. The van der Waals surface area contributed by atoms with Crippen molar-refractivity contribution in [1.29, 1.82) is 0 Å². The number of hydrogen-bond acceptors (Lipinski definition) is 3. The van der Waals surface area contributed by atoms with Crippen LogP contribution in [0.5, 0.6) is 0 Å². The number of amides is 2. The van der Waals surface area contributed by atoms with Gasteiger partial charge in [0.25, 0.3) is 0 Å². The van der Waals surface area contributed by atoms with E-state index in [4.69, 9.17) is 5.73 Å². The van der Waals surface area contributed by atoms with Crippen molar-refractivity contribution in [2.24, 2.45) is 11.1 Å². The number of unbranched alkanes of at least 4 members (excludes halogenated alkanes) is 1. The van der Waals surface area contributed by atoms with Crippen LogP contribution >= 0.6 is 0 Å². The molecule has 1 rings (SSSR count). The molecular weight excluding hydrogens is 242 g/mol. The summed E-state index contributed by atoms with van der Waals surface area (Å²) in [4.78, 5) is 25.6. The summed E-state index contributed by atoms with van der Waals surface area (Å²) < 4.78 is 0. The molecule has 110 valence electrons. The summed E-state index contributed by atoms with van der Waals surface area (Å²) in [5.41, 5.74) is 4.97. The van der Waals surface area contributed by atoms with Gasteiger partial charge < -0.3 is 16.0 Å². The lowest BCUT2D eigenvalue weighted by molar-refractivity contribution is -0.146. The van der Waals surface area contributed by atoms with Gasteiger partial charge >= 0.3 is 0 Å². The average molecular weight is 269 g/mol. The summed E-state index contributed by atoms with van der Waals surface area (Å²) in [6, 6.07) is 0. The van der Waals surface area contributed by atoms with Gasteiger partial charge in [-0.2, -0.15) is 0 Å². The molecule has 0 aliphatic carbocycles. The number of primary amides is 1. The Balaban J connectivity index is 2.79. The van der Waals surface area contributed by atoms with Crippen LogP contribution in [0, 0.1) is 5.41 Å². The highest BCUT2D eigenvalue weighted by atomic mass is 16.2. The molecule has 0 bridgehead atoms. The molecule has 1 heterocycles. The first-order chi connectivity index (χ1) is 9.05. The fraction of sp³-hybridized carbons (Fsp3) is 0.857. The molecule has 0 aromatic heterocycles. The van der Waals surface area contributed by atoms with Crippen molar-refractivity contribution >= 4 is 11.8 Å². The second-order valence-electron chi connectivity index (χ2n) is 5.43. The lowest BCUT2D eigenvalue weighted by atomic mass is 9.75. The maximum absolute atomic E-state index is 12.8. The van der Waals surface area contributed by atoms with Gasteiger partial charge in [0.1, 0.15) is 0 Å². The van der Waals surface area contributed by atoms with Crippen LogP contribution in [0.3, 0.4) is 0 Å². The van der Waals surface area contributed by atoms with E-state index in [9.17, 15) is 9.59 Å². The number of carbonyl (C=O) groups excluding carboxylic acids is 2. The third-order valence-corrected chi connectivity index (χ3v) is 4.11. The van der Waals surface area contributed by atoms with E-state index in [1.54, 1.807) is 4.90 Å². The van der Waals surface area contributed by atoms with Crippen molar-refractivity contribution < 1.29 is 9.59 Å². The van der Waals surface area contributed by atoms with E-state index in [0.29, 0.717) is 6.54 Å². The molecule has 0 aromatic carbocycles. The normalized spacial score (nSPS) is 18.0. The van der Waals surface area contributed by atoms with Gasteiger partial charge in [-0.25, -0.2) is 0 Å². The number of hydrogen-bond donors (Lipinski definition) is 2. The molecule has 0 atom stereocenters. The quantitative estimate of drug-likeness (QED) is 0.720. The number of nitrogens with two attached hydrogens (primary N) is 1. The summed E-state index contributed by atoms with van der Waals surface area (Å²) >= 11 is 0. The van der Waals surface area contributed by atoms with Crippen molar-refractivity contribution in [2.75, 3.05) is 26.2 Å². The minimum Gasteiger partial charge on any atom is -0.368 e. The number of rotatable bonds is 7. The molecule has 1 aliphatic heterocycles. The van der Waals surface area contributed by atoms with Crippen LogP contribution in [-0.4, -0.2) is 42.9 Å². The van der Waals surface area contributed by atoms with Gasteiger partial charge in [0, 0.05) is 6.54 Å². The molecule has 0 aromatic rings. The lowest BCUT2D eigenvalue weighted by Crippen LogP contribution is -2.51. The zero-order valence-electron chi connectivity index (χ0n) is 12.2. The Morgan fingerprint density at radius 2 is 1.89 bits per heavy atom. The summed E-state index contributed by atoms with van der Waals surface area (Å²) in [5, 5.41) is 3.29. The second-order valence-corrected chi connectivity index (χ2v) is 5.43. The van der Waals surface area contributed by atoms with Crippen LogP contribution in [0.25, 0.3) is 0 Å². The van der Waals surface area contributed by atoms with Crippen molar-refractivity contribution in [3.8, 4) is 0 Å². The van der Waals surface area contributed by atoms with Crippen molar-refractivity contribution in [2.45, 2.75) is 46.0 Å². The Labute approximate surface area is 115 Å². The minimum atomic E-state index is -0.426. The number of piperidine rings is 1. The molecule has 3 N–H and O–H groups in total. The van der Waals surface area contributed by atoms with Crippen molar-refractivity contribution in [1.82, 2.24) is 10.2 Å². The van der Waals surface area contributed by atoms with Gasteiger partial charge in [0.15, 0.2) is 0 Å². The lowest BCUT2D eigenvalue weighted by Gasteiger charge is -2.39. The largest absolute Gasteiger partial charge is 0.368 e. The second kappa shape index (κ2) is 7.48. The van der Waals surface area contributed by atoms with Crippen LogP contribution in [0.1, 0.15) is 46.0 Å². The number of nitrogens with zero attached hydrogens (tertiary/aromatic N) is 1. The van der Waals surface area contributed by atoms with Crippen LogP contribution in [0.2, 0.25) is 0 Å². The Morgan fingerprint density at radius 1 is 1.26 bits per heavy atom. The minimum absolute atomic E-state index is 0.0496. The van der Waals surface area contributed by atoms with E-state index in [1.165, 1.54) is 0 Å². The van der Waals surface area contributed by atoms with Gasteiger partial charge in [-0.1, -0.05) is 20.3 Å². The Kier molecular flexibility index (Phi) is 6.28. The maximum atomic E-state index is 12.8. The predicted molar refractivity (Wildman–Crippen MR) is 75.5 cm³/mol. The molecule has 2 amide bonds. The summed E-state index contributed by atoms with van der Waals surface area (Å²) in [6.07, 6.45) is 4.45. The summed E-state index contributed by atoms with van der Waals surface area (Å²) in [6.45, 7) is 6.57. The maximum Gasteiger partial charge on any atom is 0.237 e. The summed E-state index contributed by atoms with van der Waals surface area (Å²) in [5.74, 6) is -0.312. The molecule has 1 saturated heterocycles. The van der Waals surface area contributed by atoms with Gasteiger partial charge in [-0.05, 0) is 38.8 Å². The Hall–Kier alpha value is -1.10. The van der Waals surface area contributed by atoms with E-state index in [1.807, 2.05) is 0 Å². The van der Waals surface area contributed by atoms with E-state index in [0.717, 1.165) is 45.2 Å². The Bertz CT molecular complexity index is 312. The highest BCUT2D eigenvalue weighted by molar-refractivity contribution is 5.87. The SMILES string of the molecule is CCCCN(CC(N)=O)C(=O)C1(CC)CCNCC1. The molecule has 0 spiro atoms. The summed E-state index contributed by atoms with van der Waals surface area (Å²) in [7, 11) is 0. The van der Waals surface area contributed by atoms with Gasteiger partial charge in [0.05, 0.1) is 12.0 Å². The molecule has 5 nitrogen and oxygen atoms in total. The molecule has 19 heavy (non-hydrogen) atoms. The third-order valence-electron chi connectivity index (χ3n) is 4.11. The van der Waals surface area contributed by atoms with Crippen LogP contribution in [-0.2, 0) is 9.59 Å². The van der Waals surface area contributed by atoms with Gasteiger partial charge in [-0.3, -0.25) is 9.59 Å². The molecular formula is C14H27N3O2. The van der Waals surface area contributed by atoms with Gasteiger partial charge in [0.2, 0.25) is 11.8 Å². The van der Waals surface area contributed by atoms with E-state index in [2.05, 4.69) is 19.2 Å². The molecule has 1 aliphatic rings. The zero-order valence-corrected chi connectivity index (χ0v) is 12.2. The zero-order chi connectivity index (χ0) is 14.3. The predicted octanol–water partition coefficient (Wildman–Crippen LogP) is 0.880. The number of nitrogens with one attached hydrogen (secondary N) is 1. The smallest absolute Gasteiger partial charge is 0.237 e. The van der Waals surface area contributed by atoms with Crippen LogP contribution in [0.15, 0.2) is 0 Å². The first kappa shape index (κ1) is 16.0. The number of carbonyl (C=O) groups is 2. The topological polar surface area (TPSA) is 75.4 Å². The van der Waals surface area contributed by atoms with Crippen LogP contribution < -0.4 is 11.1 Å². The average Bonchev–Trinajstić information content (AvgIpc) is 2.43. The molecule has 0 unspecified atom stereocenters. The van der Waals surface area contributed by atoms with E-state index >= 15 is 0 Å². The fourth-order valence-corrected chi connectivity index (χ4v) is 2.75. The molecule has 1 fully saturated rings. The fourth-order valence-electron chi connectivity index (χ4n) is 2.75. The molecule has 0 saturated carbocycles. The standard InChI is InChI=1S/C14H27N3O2/c1-3-5-10-17(11-12(15)18)13(19)14(4-2)6-8-16-9-7-14/h16H,3-11H2,1-2H3,(H2,15,18). The molecule has 5 heteroatoms. The van der Waals surface area contributed by atoms with Crippen molar-refractivity contribution in [3.63, 3.8) is 0 Å². The first-order valence-electron chi connectivity index (χ1n) is 7.34. The highest BCUT2D eigenvalue weighted by Crippen LogP contribution is 2.34. The molecule has 0 radical (unpaired) electrons. The Morgan fingerprint density at radius 3 is 2.37 bits per heavy atom. The van der Waals surface area contributed by atoms with Gasteiger partial charge in [-0.15, -0.1) is 0 Å². The van der Waals surface area contributed by atoms with Crippen molar-refractivity contribution in [3.05, 3.63) is 0 Å².